The zero-order chi connectivity index (χ0) is 71.4. The van der Waals surface area contributed by atoms with Crippen molar-refractivity contribution in [3.8, 4) is 44.9 Å². The van der Waals surface area contributed by atoms with Crippen LogP contribution in [-0.4, -0.2) is 13.4 Å². The molecule has 0 saturated carbocycles. The van der Waals surface area contributed by atoms with Gasteiger partial charge in [0.1, 0.15) is 11.5 Å². The summed E-state index contributed by atoms with van der Waals surface area (Å²) in [6, 6.07) is 133. The molecule has 15 aromatic carbocycles. The van der Waals surface area contributed by atoms with Gasteiger partial charge in [0, 0.05) is 79.6 Å². The van der Waals surface area contributed by atoms with Gasteiger partial charge in [-0.25, -0.2) is 0 Å². The van der Waals surface area contributed by atoms with Gasteiger partial charge in [-0.05, 0) is 175 Å². The number of hydrogen-bond acceptors (Lipinski definition) is 6. The summed E-state index contributed by atoms with van der Waals surface area (Å²) in [5.41, 5.74) is 32.4. The molecular formula is C98H77B2N5O. The van der Waals surface area contributed by atoms with Crippen LogP contribution in [-0.2, 0) is 10.8 Å². The predicted octanol–water partition coefficient (Wildman–Crippen LogP) is 22.7. The molecule has 106 heavy (non-hydrogen) atoms. The first-order valence-electron chi connectivity index (χ1n) is 37.0. The van der Waals surface area contributed by atoms with E-state index in [4.69, 9.17) is 4.74 Å². The third-order valence-corrected chi connectivity index (χ3v) is 22.0. The molecule has 0 spiro atoms. The van der Waals surface area contributed by atoms with Crippen LogP contribution in [0.5, 0.6) is 11.5 Å². The van der Waals surface area contributed by atoms with E-state index in [-0.39, 0.29) is 24.3 Å². The van der Waals surface area contributed by atoms with Crippen molar-refractivity contribution in [1.82, 2.24) is 0 Å². The zero-order valence-corrected chi connectivity index (χ0v) is 60.4. The van der Waals surface area contributed by atoms with Crippen LogP contribution in [0.3, 0.4) is 0 Å². The summed E-state index contributed by atoms with van der Waals surface area (Å²) in [4.78, 5) is 12.6. The quantitative estimate of drug-likeness (QED) is 0.113. The van der Waals surface area contributed by atoms with Crippen molar-refractivity contribution in [3.05, 3.63) is 369 Å². The summed E-state index contributed by atoms with van der Waals surface area (Å²) >= 11 is 0. The molecule has 19 rings (SSSR count). The number of nitrogens with zero attached hydrogens (tertiary/aromatic N) is 5. The minimum absolute atomic E-state index is 0.0101. The Morgan fingerprint density at radius 1 is 0.255 bits per heavy atom. The van der Waals surface area contributed by atoms with Crippen molar-refractivity contribution in [1.29, 1.82) is 0 Å². The second kappa shape index (κ2) is 25.6. The molecule has 4 aliphatic heterocycles. The van der Waals surface area contributed by atoms with Gasteiger partial charge in [-0.3, -0.25) is 0 Å². The molecule has 506 valence electrons. The average molecular weight is 1360 g/mol. The Hall–Kier alpha value is -12.8. The van der Waals surface area contributed by atoms with Crippen molar-refractivity contribution in [2.45, 2.75) is 52.4 Å². The molecule has 0 aromatic heterocycles. The number of benzene rings is 15. The summed E-state index contributed by atoms with van der Waals surface area (Å²) in [5.74, 6) is 1.67. The second-order valence-corrected chi connectivity index (χ2v) is 30.4. The first-order valence-corrected chi connectivity index (χ1v) is 37.0. The van der Waals surface area contributed by atoms with Crippen molar-refractivity contribution in [2.24, 2.45) is 0 Å². The van der Waals surface area contributed by atoms with Crippen LogP contribution in [0.15, 0.2) is 358 Å². The zero-order valence-electron chi connectivity index (χ0n) is 60.4. The van der Waals surface area contributed by atoms with E-state index in [1.807, 2.05) is 0 Å². The highest BCUT2D eigenvalue weighted by molar-refractivity contribution is 7.02. The summed E-state index contributed by atoms with van der Waals surface area (Å²) in [6.07, 6.45) is 0. The number of rotatable bonds is 12. The molecule has 0 bridgehead atoms. The first kappa shape index (κ1) is 64.1. The Balaban J connectivity index is 0.927. The summed E-state index contributed by atoms with van der Waals surface area (Å²) < 4.78 is 7.44. The lowest BCUT2D eigenvalue weighted by atomic mass is 9.30. The van der Waals surface area contributed by atoms with E-state index in [2.05, 4.69) is 424 Å². The number of anilines is 15. The third-order valence-electron chi connectivity index (χ3n) is 22.0. The normalized spacial score (nSPS) is 13.0. The fourth-order valence-electron chi connectivity index (χ4n) is 17.0. The van der Waals surface area contributed by atoms with E-state index in [0.29, 0.717) is 0 Å². The van der Waals surface area contributed by atoms with Gasteiger partial charge in [-0.2, -0.15) is 0 Å². The minimum atomic E-state index is -0.252. The van der Waals surface area contributed by atoms with Crippen LogP contribution < -0.4 is 62.0 Å². The molecule has 4 aliphatic rings. The summed E-state index contributed by atoms with van der Waals surface area (Å²) in [6.45, 7) is 13.3. The Bertz CT molecular complexity index is 5820. The third kappa shape index (κ3) is 10.8. The fourth-order valence-corrected chi connectivity index (χ4v) is 17.0. The van der Waals surface area contributed by atoms with Crippen LogP contribution >= 0.6 is 0 Å². The highest BCUT2D eigenvalue weighted by Crippen LogP contribution is 2.54. The fraction of sp³-hybridized carbons (Fsp3) is 0.0816. The summed E-state index contributed by atoms with van der Waals surface area (Å²) in [7, 11) is 0. The van der Waals surface area contributed by atoms with Gasteiger partial charge in [0.05, 0.1) is 28.4 Å². The lowest BCUT2D eigenvalue weighted by molar-refractivity contribution is 0.487. The van der Waals surface area contributed by atoms with Gasteiger partial charge in [0.2, 0.25) is 0 Å². The van der Waals surface area contributed by atoms with E-state index in [0.717, 1.165) is 141 Å². The van der Waals surface area contributed by atoms with Gasteiger partial charge >= 0.3 is 0 Å². The van der Waals surface area contributed by atoms with Crippen LogP contribution in [0.25, 0.3) is 33.4 Å². The molecule has 0 amide bonds. The van der Waals surface area contributed by atoms with E-state index >= 15 is 0 Å². The van der Waals surface area contributed by atoms with E-state index in [1.165, 1.54) is 33.0 Å². The van der Waals surface area contributed by atoms with Crippen LogP contribution in [0, 0.1) is 0 Å². The number of ether oxygens (including phenoxy) is 1. The maximum Gasteiger partial charge on any atom is 0.256 e. The van der Waals surface area contributed by atoms with Gasteiger partial charge in [0.15, 0.2) is 0 Å². The number of hydrogen-bond donors (Lipinski definition) is 0. The van der Waals surface area contributed by atoms with Gasteiger partial charge < -0.3 is 29.2 Å². The molecule has 0 saturated heterocycles. The smallest absolute Gasteiger partial charge is 0.256 e. The lowest BCUT2D eigenvalue weighted by Gasteiger charge is -2.47. The number of para-hydroxylation sites is 9. The maximum absolute atomic E-state index is 7.44. The second-order valence-electron chi connectivity index (χ2n) is 30.4. The van der Waals surface area contributed by atoms with Crippen molar-refractivity contribution >= 4 is 132 Å². The lowest BCUT2D eigenvalue weighted by Crippen LogP contribution is -2.64. The highest BCUT2D eigenvalue weighted by Gasteiger charge is 2.49. The highest BCUT2D eigenvalue weighted by atomic mass is 16.5. The standard InChI is InChI=1S/C98H77B2N5O/c1-97(2,3)69-56-52-67(53-57-69)78-43-22-27-47-84(78)102(73-38-18-10-19-39-73)75-60-90-95-91(61-75)104(85-48-28-24-44-79(85)68-54-58-70(59-55-68)98(4,5)6)87-50-30-25-45-80(87)99(95)82-64-83-89(65-88(82)103(90)74-40-20-11-21-41-74)105(86-49-29-23-42-77(86)66-32-12-7-13-33-66)92-62-76(63-94-96(92)100(83)81-46-26-31-51-93(81)106-94)101(71-34-14-8-15-35-71)72-36-16-9-17-37-72/h7-65H,1-6H3. The van der Waals surface area contributed by atoms with Crippen LogP contribution in [0.1, 0.15) is 52.7 Å². The summed E-state index contributed by atoms with van der Waals surface area (Å²) in [5, 5.41) is 0. The molecule has 15 aromatic rings. The predicted molar refractivity (Wildman–Crippen MR) is 449 cm³/mol. The van der Waals surface area contributed by atoms with Crippen molar-refractivity contribution in [3.63, 3.8) is 0 Å². The van der Waals surface area contributed by atoms with Crippen molar-refractivity contribution < 1.29 is 4.74 Å². The monoisotopic (exact) mass is 1360 g/mol. The van der Waals surface area contributed by atoms with Gasteiger partial charge in [-0.1, -0.05) is 290 Å². The molecule has 4 heterocycles. The molecule has 0 fully saturated rings. The van der Waals surface area contributed by atoms with Crippen LogP contribution in [0.4, 0.5) is 85.3 Å². The molecule has 0 atom stereocenters. The first-order chi connectivity index (χ1) is 51.9. The molecule has 6 nitrogen and oxygen atoms in total. The van der Waals surface area contributed by atoms with E-state index in [9.17, 15) is 0 Å². The largest absolute Gasteiger partial charge is 0.458 e. The Labute approximate surface area is 623 Å². The van der Waals surface area contributed by atoms with Gasteiger partial charge in [0.25, 0.3) is 13.4 Å². The van der Waals surface area contributed by atoms with Gasteiger partial charge in [-0.15, -0.1) is 0 Å². The Kier molecular flexibility index (Phi) is 15.5. The van der Waals surface area contributed by atoms with Crippen molar-refractivity contribution in [2.75, 3.05) is 24.5 Å². The van der Waals surface area contributed by atoms with E-state index < -0.39 is 0 Å². The molecule has 8 heteroatoms. The molecule has 0 radical (unpaired) electrons. The van der Waals surface area contributed by atoms with Crippen LogP contribution in [0.2, 0.25) is 0 Å². The average Bonchev–Trinajstić information content (AvgIpc) is 0.684. The topological polar surface area (TPSA) is 25.4 Å². The van der Waals surface area contributed by atoms with E-state index in [1.54, 1.807) is 0 Å². The molecule has 0 N–H and O–H groups in total. The Morgan fingerprint density at radius 3 is 1.22 bits per heavy atom. The number of fused-ring (bicyclic) bond motifs is 8. The molecule has 0 unspecified atom stereocenters. The maximum atomic E-state index is 7.44. The molecular weight excluding hydrogens is 1280 g/mol. The SMILES string of the molecule is CC(C)(C)c1ccc(-c2ccccc2N(c2ccccc2)c2cc3c4c(c2)N(c2ccccc2-c2ccc(C(C)(C)C)cc2)c2ccccc2B4c2cc4c(cc2N3c2ccccc2)N(c2ccccc2-c2ccccc2)c2cc(N(c3ccccc3)c3ccccc3)cc3c2B4c2ccccc2O3)cc1. The minimum Gasteiger partial charge on any atom is -0.458 e. The Morgan fingerprint density at radius 2 is 0.651 bits per heavy atom. The molecule has 0 aliphatic carbocycles.